The summed E-state index contributed by atoms with van der Waals surface area (Å²) in [6.45, 7) is 1.94. The van der Waals surface area contributed by atoms with Gasteiger partial charge >= 0.3 is 11.9 Å². The van der Waals surface area contributed by atoms with Crippen molar-refractivity contribution in [2.45, 2.75) is 6.92 Å². The Balaban J connectivity index is 3.15. The first-order valence-electron chi connectivity index (χ1n) is 5.03. The molecule has 0 aliphatic carbocycles. The Morgan fingerprint density at radius 3 is 2.12 bits per heavy atom. The molecule has 0 spiro atoms. The Morgan fingerprint density at radius 1 is 1.06 bits per heavy atom. The molecule has 4 nitrogen and oxygen atoms in total. The lowest BCUT2D eigenvalue weighted by atomic mass is 10.0. The molecule has 0 aliphatic heterocycles. The van der Waals surface area contributed by atoms with E-state index in [4.69, 9.17) is 0 Å². The average molecular weight is 234 g/mol. The number of methoxy groups -OCH3 is 2. The maximum absolute atomic E-state index is 11.6. The molecule has 0 saturated heterocycles. The Kier molecular flexibility index (Phi) is 4.46. The van der Waals surface area contributed by atoms with E-state index in [1.54, 1.807) is 12.1 Å². The van der Waals surface area contributed by atoms with Crippen LogP contribution in [0.5, 0.6) is 0 Å². The summed E-state index contributed by atoms with van der Waals surface area (Å²) in [5.41, 5.74) is 1.86. The summed E-state index contributed by atoms with van der Waals surface area (Å²) in [4.78, 5) is 22.7. The Morgan fingerprint density at radius 2 is 1.65 bits per heavy atom. The number of rotatable bonds is 3. The Hall–Kier alpha value is -2.10. The molecular formula is C13H14O4. The Labute approximate surface area is 99.8 Å². The van der Waals surface area contributed by atoms with E-state index in [-0.39, 0.29) is 5.57 Å². The first-order chi connectivity index (χ1) is 8.08. The van der Waals surface area contributed by atoms with Gasteiger partial charge in [-0.3, -0.25) is 0 Å². The van der Waals surface area contributed by atoms with Gasteiger partial charge in [0, 0.05) is 6.08 Å². The summed E-state index contributed by atoms with van der Waals surface area (Å²) < 4.78 is 9.12. The molecule has 17 heavy (non-hydrogen) atoms. The van der Waals surface area contributed by atoms with Crippen LogP contribution in [0.15, 0.2) is 30.3 Å². The SMILES string of the molecule is COC(=O)C=C(C(=O)OC)c1ccc(C)cc1. The van der Waals surface area contributed by atoms with E-state index in [1.165, 1.54) is 14.2 Å². The second-order valence-electron chi connectivity index (χ2n) is 3.44. The second kappa shape index (κ2) is 5.84. The molecule has 0 heterocycles. The zero-order valence-electron chi connectivity index (χ0n) is 10.0. The van der Waals surface area contributed by atoms with Crippen LogP contribution in [-0.4, -0.2) is 26.2 Å². The smallest absolute Gasteiger partial charge is 0.338 e. The van der Waals surface area contributed by atoms with Gasteiger partial charge in [-0.2, -0.15) is 0 Å². The molecule has 0 unspecified atom stereocenters. The van der Waals surface area contributed by atoms with Crippen LogP contribution in [0.25, 0.3) is 5.57 Å². The molecule has 0 saturated carbocycles. The molecule has 0 bridgehead atoms. The van der Waals surface area contributed by atoms with Crippen LogP contribution in [0.4, 0.5) is 0 Å². The molecule has 0 aliphatic rings. The standard InChI is InChI=1S/C13H14O4/c1-9-4-6-10(7-5-9)11(13(15)17-3)8-12(14)16-2/h4-8H,1-3H3. The maximum atomic E-state index is 11.6. The van der Waals surface area contributed by atoms with Gasteiger partial charge in [0.2, 0.25) is 0 Å². The average Bonchev–Trinajstić information content (AvgIpc) is 2.36. The summed E-state index contributed by atoms with van der Waals surface area (Å²) >= 11 is 0. The maximum Gasteiger partial charge on any atom is 0.338 e. The molecule has 90 valence electrons. The van der Waals surface area contributed by atoms with Crippen molar-refractivity contribution in [3.05, 3.63) is 41.5 Å². The number of hydrogen-bond donors (Lipinski definition) is 0. The van der Waals surface area contributed by atoms with Gasteiger partial charge in [-0.15, -0.1) is 0 Å². The monoisotopic (exact) mass is 234 g/mol. The normalized spacial score (nSPS) is 10.9. The summed E-state index contributed by atoms with van der Waals surface area (Å²) in [6.07, 6.45) is 1.12. The minimum Gasteiger partial charge on any atom is -0.466 e. The lowest BCUT2D eigenvalue weighted by Crippen LogP contribution is -2.07. The van der Waals surface area contributed by atoms with Crippen molar-refractivity contribution in [1.29, 1.82) is 0 Å². The largest absolute Gasteiger partial charge is 0.466 e. The zero-order valence-corrected chi connectivity index (χ0v) is 10.0. The molecule has 1 rings (SSSR count). The summed E-state index contributed by atoms with van der Waals surface area (Å²) in [5, 5.41) is 0. The number of ether oxygens (including phenoxy) is 2. The highest BCUT2D eigenvalue weighted by Crippen LogP contribution is 2.16. The van der Waals surface area contributed by atoms with Gasteiger partial charge in [0.25, 0.3) is 0 Å². The van der Waals surface area contributed by atoms with E-state index in [9.17, 15) is 9.59 Å². The van der Waals surface area contributed by atoms with Gasteiger partial charge in [-0.1, -0.05) is 29.8 Å². The molecule has 0 fully saturated rings. The minimum atomic E-state index is -0.592. The van der Waals surface area contributed by atoms with Gasteiger partial charge in [0.1, 0.15) is 0 Å². The van der Waals surface area contributed by atoms with E-state index in [0.29, 0.717) is 5.56 Å². The van der Waals surface area contributed by atoms with Crippen LogP contribution in [0, 0.1) is 6.92 Å². The first kappa shape index (κ1) is 13.0. The van der Waals surface area contributed by atoms with Crippen molar-refractivity contribution in [1.82, 2.24) is 0 Å². The third-order valence-corrected chi connectivity index (χ3v) is 2.23. The highest BCUT2D eigenvalue weighted by molar-refractivity contribution is 6.20. The van der Waals surface area contributed by atoms with Crippen molar-refractivity contribution in [2.75, 3.05) is 14.2 Å². The van der Waals surface area contributed by atoms with Crippen molar-refractivity contribution < 1.29 is 19.1 Å². The molecule has 0 radical (unpaired) electrons. The van der Waals surface area contributed by atoms with Gasteiger partial charge in [-0.05, 0) is 12.5 Å². The molecule has 0 amide bonds. The van der Waals surface area contributed by atoms with Crippen LogP contribution in [0.2, 0.25) is 0 Å². The van der Waals surface area contributed by atoms with Crippen molar-refractivity contribution >= 4 is 17.5 Å². The molecule has 1 aromatic carbocycles. The third kappa shape index (κ3) is 3.45. The highest BCUT2D eigenvalue weighted by atomic mass is 16.5. The molecule has 0 atom stereocenters. The van der Waals surface area contributed by atoms with E-state index in [0.717, 1.165) is 11.6 Å². The molecule has 0 aromatic heterocycles. The third-order valence-electron chi connectivity index (χ3n) is 2.23. The number of carbonyl (C=O) groups is 2. The van der Waals surface area contributed by atoms with E-state index in [1.807, 2.05) is 19.1 Å². The fraction of sp³-hybridized carbons (Fsp3) is 0.231. The fourth-order valence-electron chi connectivity index (χ4n) is 1.28. The van der Waals surface area contributed by atoms with Crippen LogP contribution < -0.4 is 0 Å². The summed E-state index contributed by atoms with van der Waals surface area (Å²) in [7, 11) is 2.52. The van der Waals surface area contributed by atoms with E-state index < -0.39 is 11.9 Å². The van der Waals surface area contributed by atoms with Crippen LogP contribution in [0.1, 0.15) is 11.1 Å². The second-order valence-corrected chi connectivity index (χ2v) is 3.44. The quantitative estimate of drug-likeness (QED) is 0.590. The predicted molar refractivity (Wildman–Crippen MR) is 63.2 cm³/mol. The van der Waals surface area contributed by atoms with Gasteiger partial charge in [0.15, 0.2) is 0 Å². The van der Waals surface area contributed by atoms with E-state index >= 15 is 0 Å². The van der Waals surface area contributed by atoms with Crippen LogP contribution in [0.3, 0.4) is 0 Å². The number of esters is 2. The number of benzene rings is 1. The summed E-state index contributed by atoms with van der Waals surface area (Å²) in [6, 6.07) is 7.20. The summed E-state index contributed by atoms with van der Waals surface area (Å²) in [5.74, 6) is -1.16. The lowest BCUT2D eigenvalue weighted by Gasteiger charge is -2.05. The zero-order chi connectivity index (χ0) is 12.8. The minimum absolute atomic E-state index is 0.180. The fourth-order valence-corrected chi connectivity index (χ4v) is 1.28. The highest BCUT2D eigenvalue weighted by Gasteiger charge is 2.14. The van der Waals surface area contributed by atoms with Gasteiger partial charge < -0.3 is 9.47 Å². The van der Waals surface area contributed by atoms with Gasteiger partial charge in [0.05, 0.1) is 19.8 Å². The first-order valence-corrected chi connectivity index (χ1v) is 5.03. The molecule has 4 heteroatoms. The molecule has 1 aromatic rings. The van der Waals surface area contributed by atoms with Crippen molar-refractivity contribution in [3.8, 4) is 0 Å². The number of hydrogen-bond acceptors (Lipinski definition) is 4. The van der Waals surface area contributed by atoms with Crippen molar-refractivity contribution in [2.24, 2.45) is 0 Å². The van der Waals surface area contributed by atoms with Crippen molar-refractivity contribution in [3.63, 3.8) is 0 Å². The predicted octanol–water partition coefficient (Wildman–Crippen LogP) is 1.72. The number of carbonyl (C=O) groups excluding carboxylic acids is 2. The van der Waals surface area contributed by atoms with Crippen LogP contribution in [-0.2, 0) is 19.1 Å². The topological polar surface area (TPSA) is 52.6 Å². The Bertz CT molecular complexity index is 443. The molecule has 0 N–H and O–H groups in total. The van der Waals surface area contributed by atoms with E-state index in [2.05, 4.69) is 9.47 Å². The van der Waals surface area contributed by atoms with Gasteiger partial charge in [-0.25, -0.2) is 9.59 Å². The number of aryl methyl sites for hydroxylation is 1. The lowest BCUT2D eigenvalue weighted by molar-refractivity contribution is -0.136. The van der Waals surface area contributed by atoms with Crippen LogP contribution >= 0.6 is 0 Å². The molecular weight excluding hydrogens is 220 g/mol.